The predicted molar refractivity (Wildman–Crippen MR) is 78.7 cm³/mol. The van der Waals surface area contributed by atoms with Gasteiger partial charge in [0.2, 0.25) is 5.91 Å². The molecule has 1 atom stereocenters. The Morgan fingerprint density at radius 2 is 2.10 bits per heavy atom. The van der Waals surface area contributed by atoms with Gasteiger partial charge >= 0.3 is 0 Å². The molecule has 0 aromatic carbocycles. The highest BCUT2D eigenvalue weighted by atomic mass is 16.2. The van der Waals surface area contributed by atoms with Crippen LogP contribution >= 0.6 is 0 Å². The van der Waals surface area contributed by atoms with Crippen LogP contribution in [0, 0.1) is 0 Å². The third kappa shape index (κ3) is 2.89. The summed E-state index contributed by atoms with van der Waals surface area (Å²) in [6.45, 7) is 7.79. The summed E-state index contributed by atoms with van der Waals surface area (Å²) in [5.74, 6) is 0.870. The van der Waals surface area contributed by atoms with Crippen molar-refractivity contribution in [3.05, 3.63) is 24.5 Å². The van der Waals surface area contributed by atoms with Crippen molar-refractivity contribution in [2.75, 3.05) is 11.9 Å². The third-order valence-electron chi connectivity index (χ3n) is 3.13. The van der Waals surface area contributed by atoms with E-state index >= 15 is 0 Å². The molecule has 0 radical (unpaired) electrons. The molecule has 0 aliphatic heterocycles. The summed E-state index contributed by atoms with van der Waals surface area (Å²) >= 11 is 0. The molecule has 0 aliphatic carbocycles. The largest absolute Gasteiger partial charge is 0.350 e. The lowest BCUT2D eigenvalue weighted by molar-refractivity contribution is -0.123. The van der Waals surface area contributed by atoms with Crippen molar-refractivity contribution in [1.82, 2.24) is 19.9 Å². The van der Waals surface area contributed by atoms with Gasteiger partial charge in [-0.3, -0.25) is 9.20 Å². The van der Waals surface area contributed by atoms with E-state index < -0.39 is 0 Å². The molecule has 2 heterocycles. The van der Waals surface area contributed by atoms with Crippen LogP contribution in [0.2, 0.25) is 0 Å². The number of hydrogen-bond donors (Lipinski definition) is 1. The van der Waals surface area contributed by atoms with Crippen LogP contribution in [0.5, 0.6) is 0 Å². The fourth-order valence-corrected chi connectivity index (χ4v) is 1.97. The van der Waals surface area contributed by atoms with E-state index in [9.17, 15) is 4.79 Å². The fourth-order valence-electron chi connectivity index (χ4n) is 1.97. The van der Waals surface area contributed by atoms with Crippen LogP contribution in [0.25, 0.3) is 5.65 Å². The molecule has 0 saturated carbocycles. The van der Waals surface area contributed by atoms with E-state index in [2.05, 4.69) is 15.5 Å². The second-order valence-electron chi connectivity index (χ2n) is 5.97. The van der Waals surface area contributed by atoms with Crippen molar-refractivity contribution in [2.24, 2.45) is 0 Å². The number of anilines is 1. The molecule has 1 N–H and O–H groups in total. The summed E-state index contributed by atoms with van der Waals surface area (Å²) < 4.78 is 1.86. The zero-order chi connectivity index (χ0) is 14.9. The van der Waals surface area contributed by atoms with Crippen molar-refractivity contribution < 1.29 is 4.79 Å². The number of likely N-dealkylation sites (N-methyl/N-ethyl adjacent to an activating group) is 1. The number of fused-ring (bicyclic) bond motifs is 1. The highest BCUT2D eigenvalue weighted by molar-refractivity contribution is 5.85. The highest BCUT2D eigenvalue weighted by Gasteiger charge is 2.23. The fraction of sp³-hybridized carbons (Fsp3) is 0.500. The van der Waals surface area contributed by atoms with Gasteiger partial charge in [0.25, 0.3) is 0 Å². The molecule has 6 nitrogen and oxygen atoms in total. The zero-order valence-corrected chi connectivity index (χ0v) is 12.6. The average molecular weight is 275 g/mol. The van der Waals surface area contributed by atoms with Gasteiger partial charge in [0.1, 0.15) is 18.2 Å². The summed E-state index contributed by atoms with van der Waals surface area (Å²) in [7, 11) is 1.89. The molecule has 2 aromatic rings. The second kappa shape index (κ2) is 5.11. The molecule has 0 spiro atoms. The maximum absolute atomic E-state index is 12.3. The van der Waals surface area contributed by atoms with Gasteiger partial charge in [-0.15, -0.1) is 10.2 Å². The molecule has 0 fully saturated rings. The molecule has 20 heavy (non-hydrogen) atoms. The molecule has 1 amide bonds. The Labute approximate surface area is 118 Å². The molecule has 0 saturated heterocycles. The van der Waals surface area contributed by atoms with E-state index in [1.165, 1.54) is 0 Å². The first kappa shape index (κ1) is 14.3. The minimum Gasteiger partial charge on any atom is -0.350 e. The first-order valence-electron chi connectivity index (χ1n) is 6.63. The minimum atomic E-state index is -0.290. The minimum absolute atomic E-state index is 0.00919. The maximum Gasteiger partial charge on any atom is 0.242 e. The lowest BCUT2D eigenvalue weighted by atomic mass is 10.1. The topological polar surface area (TPSA) is 62.5 Å². The number of nitrogens with zero attached hydrogens (tertiary/aromatic N) is 4. The smallest absolute Gasteiger partial charge is 0.242 e. The van der Waals surface area contributed by atoms with Gasteiger partial charge < -0.3 is 10.2 Å². The van der Waals surface area contributed by atoms with Crippen LogP contribution in [0.4, 0.5) is 5.82 Å². The summed E-state index contributed by atoms with van der Waals surface area (Å²) in [4.78, 5) is 14.2. The normalized spacial score (nSPS) is 13.2. The van der Waals surface area contributed by atoms with Crippen LogP contribution in [0.15, 0.2) is 24.5 Å². The predicted octanol–water partition coefficient (Wildman–Crippen LogP) is 1.47. The Balaban J connectivity index is 2.24. The summed E-state index contributed by atoms with van der Waals surface area (Å²) in [5, 5.41) is 10.9. The van der Waals surface area contributed by atoms with Crippen molar-refractivity contribution in [3.63, 3.8) is 0 Å². The Morgan fingerprint density at radius 1 is 1.40 bits per heavy atom. The standard InChI is InChI=1S/C14H21N5O/c1-10(13(20)16-14(2,3)4)18(5)12-8-6-7-11-17-15-9-19(11)12/h6-10H,1-5H3,(H,16,20). The number of carbonyl (C=O) groups excluding carboxylic acids is 1. The first-order valence-corrected chi connectivity index (χ1v) is 6.63. The van der Waals surface area contributed by atoms with Gasteiger partial charge in [-0.25, -0.2) is 0 Å². The van der Waals surface area contributed by atoms with E-state index in [4.69, 9.17) is 0 Å². The Hall–Kier alpha value is -2.11. The molecular formula is C14H21N5O. The number of pyridine rings is 1. The van der Waals surface area contributed by atoms with Crippen molar-refractivity contribution in [1.29, 1.82) is 0 Å². The van der Waals surface area contributed by atoms with Crippen LogP contribution in [-0.4, -0.2) is 39.1 Å². The third-order valence-corrected chi connectivity index (χ3v) is 3.13. The number of hydrogen-bond acceptors (Lipinski definition) is 4. The molecule has 2 aromatic heterocycles. The van der Waals surface area contributed by atoms with E-state index in [0.29, 0.717) is 0 Å². The van der Waals surface area contributed by atoms with Crippen LogP contribution in [0.3, 0.4) is 0 Å². The zero-order valence-electron chi connectivity index (χ0n) is 12.6. The number of nitrogens with one attached hydrogen (secondary N) is 1. The number of amides is 1. The van der Waals surface area contributed by atoms with Gasteiger partial charge in [0.05, 0.1) is 0 Å². The van der Waals surface area contributed by atoms with Gasteiger partial charge in [-0.1, -0.05) is 6.07 Å². The van der Waals surface area contributed by atoms with E-state index in [1.807, 2.05) is 62.2 Å². The maximum atomic E-state index is 12.3. The van der Waals surface area contributed by atoms with Gasteiger partial charge in [-0.2, -0.15) is 0 Å². The Kier molecular flexibility index (Phi) is 3.65. The molecule has 0 bridgehead atoms. The Morgan fingerprint density at radius 3 is 2.75 bits per heavy atom. The van der Waals surface area contributed by atoms with E-state index in [0.717, 1.165) is 11.5 Å². The van der Waals surface area contributed by atoms with Crippen molar-refractivity contribution in [2.45, 2.75) is 39.3 Å². The number of aromatic nitrogens is 3. The Bertz CT molecular complexity index is 613. The first-order chi connectivity index (χ1) is 9.29. The lowest BCUT2D eigenvalue weighted by Crippen LogP contribution is -2.50. The van der Waals surface area contributed by atoms with Crippen molar-refractivity contribution >= 4 is 17.4 Å². The van der Waals surface area contributed by atoms with E-state index in [1.54, 1.807) is 6.33 Å². The monoisotopic (exact) mass is 275 g/mol. The SMILES string of the molecule is CC(C(=O)NC(C)(C)C)N(C)c1cccc2nncn12. The van der Waals surface area contributed by atoms with Crippen LogP contribution < -0.4 is 10.2 Å². The lowest BCUT2D eigenvalue weighted by Gasteiger charge is -2.30. The molecule has 108 valence electrons. The summed E-state index contributed by atoms with van der Waals surface area (Å²) in [6.07, 6.45) is 1.65. The van der Waals surface area contributed by atoms with Gasteiger partial charge in [0, 0.05) is 12.6 Å². The average Bonchev–Trinajstić information content (AvgIpc) is 2.82. The van der Waals surface area contributed by atoms with E-state index in [-0.39, 0.29) is 17.5 Å². The summed E-state index contributed by atoms with van der Waals surface area (Å²) in [5.41, 5.74) is 0.521. The van der Waals surface area contributed by atoms with Crippen molar-refractivity contribution in [3.8, 4) is 0 Å². The molecule has 1 unspecified atom stereocenters. The van der Waals surface area contributed by atoms with Gasteiger partial charge in [-0.05, 0) is 39.8 Å². The van der Waals surface area contributed by atoms with Crippen LogP contribution in [-0.2, 0) is 4.79 Å². The summed E-state index contributed by atoms with van der Waals surface area (Å²) in [6, 6.07) is 5.44. The molecule has 6 heteroatoms. The number of carbonyl (C=O) groups is 1. The molecule has 0 aliphatic rings. The number of rotatable bonds is 3. The molecule has 2 rings (SSSR count). The van der Waals surface area contributed by atoms with Crippen LogP contribution in [0.1, 0.15) is 27.7 Å². The quantitative estimate of drug-likeness (QED) is 0.921. The van der Waals surface area contributed by atoms with Gasteiger partial charge in [0.15, 0.2) is 5.65 Å². The highest BCUT2D eigenvalue weighted by Crippen LogP contribution is 2.17. The second-order valence-corrected chi connectivity index (χ2v) is 5.97. The molecular weight excluding hydrogens is 254 g/mol.